The topological polar surface area (TPSA) is 83.7 Å². The lowest BCUT2D eigenvalue weighted by Crippen LogP contribution is -2.03. The molecule has 0 amide bonds. The van der Waals surface area contributed by atoms with E-state index < -0.39 is 5.97 Å². The normalized spacial score (nSPS) is 10.3. The number of hydrogen-bond acceptors (Lipinski definition) is 6. The van der Waals surface area contributed by atoms with E-state index in [1.807, 2.05) is 18.2 Å². The number of carbonyl (C=O) groups is 1. The van der Waals surface area contributed by atoms with Gasteiger partial charge in [-0.1, -0.05) is 12.1 Å². The third-order valence-corrected chi connectivity index (χ3v) is 4.02. The molecule has 27 heavy (non-hydrogen) atoms. The summed E-state index contributed by atoms with van der Waals surface area (Å²) in [6.07, 6.45) is 2.21. The number of nitrogens with zero attached hydrogens (tertiary/aromatic N) is 1. The van der Waals surface area contributed by atoms with Crippen molar-refractivity contribution in [2.75, 3.05) is 20.0 Å². The number of pyridine rings is 1. The Morgan fingerprint density at radius 1 is 1.04 bits per heavy atom. The number of hydrogen-bond donors (Lipinski definition) is 1. The van der Waals surface area contributed by atoms with Gasteiger partial charge in [0.2, 0.25) is 5.88 Å². The highest BCUT2D eigenvalue weighted by atomic mass is 16.5. The second-order valence-corrected chi connectivity index (χ2v) is 5.83. The molecule has 1 heterocycles. The Labute approximate surface area is 157 Å². The highest BCUT2D eigenvalue weighted by molar-refractivity contribution is 5.90. The first-order valence-electron chi connectivity index (χ1n) is 8.33. The zero-order valence-electron chi connectivity index (χ0n) is 15.1. The van der Waals surface area contributed by atoms with E-state index in [9.17, 15) is 4.79 Å². The van der Waals surface area contributed by atoms with Gasteiger partial charge in [-0.3, -0.25) is 0 Å². The molecule has 0 radical (unpaired) electrons. The Morgan fingerprint density at radius 2 is 1.81 bits per heavy atom. The number of carbonyl (C=O) groups excluding carboxylic acids is 1. The van der Waals surface area contributed by atoms with Crippen LogP contribution in [0.1, 0.15) is 21.5 Å². The number of rotatable bonds is 6. The van der Waals surface area contributed by atoms with Crippen molar-refractivity contribution in [3.63, 3.8) is 0 Å². The highest BCUT2D eigenvalue weighted by Crippen LogP contribution is 2.30. The molecule has 0 fully saturated rings. The van der Waals surface area contributed by atoms with Gasteiger partial charge < -0.3 is 19.9 Å². The van der Waals surface area contributed by atoms with E-state index in [2.05, 4.69) is 4.98 Å². The quantitative estimate of drug-likeness (QED) is 0.528. The third-order valence-electron chi connectivity index (χ3n) is 4.02. The number of methoxy groups -OCH3 is 2. The minimum absolute atomic E-state index is 0.407. The number of nitrogen functional groups attached to an aromatic ring is 1. The first-order chi connectivity index (χ1) is 13.1. The summed E-state index contributed by atoms with van der Waals surface area (Å²) in [6, 6.07) is 16.1. The fourth-order valence-corrected chi connectivity index (χ4v) is 2.65. The highest BCUT2D eigenvalue weighted by Gasteiger charge is 2.14. The number of nitrogens with two attached hydrogens (primary N) is 1. The molecule has 0 saturated heterocycles. The van der Waals surface area contributed by atoms with Crippen molar-refractivity contribution >= 4 is 11.7 Å². The maximum atomic E-state index is 11.9. The standard InChI is InChI=1S/C21H20N2O4/c1-25-20-15(4-3-11-23-20)12-14-5-6-16(21(24)26-2)13-19(14)27-18-9-7-17(22)8-10-18/h3-11,13H,12,22H2,1-2H3. The second kappa shape index (κ2) is 8.23. The lowest BCUT2D eigenvalue weighted by atomic mass is 10.0. The summed E-state index contributed by atoms with van der Waals surface area (Å²) in [5.41, 5.74) is 8.57. The smallest absolute Gasteiger partial charge is 0.337 e. The van der Waals surface area contributed by atoms with E-state index in [4.69, 9.17) is 19.9 Å². The summed E-state index contributed by atoms with van der Waals surface area (Å²) in [7, 11) is 2.93. The van der Waals surface area contributed by atoms with Gasteiger partial charge in [-0.2, -0.15) is 0 Å². The molecule has 138 valence electrons. The monoisotopic (exact) mass is 364 g/mol. The number of aromatic nitrogens is 1. The van der Waals surface area contributed by atoms with Crippen LogP contribution in [0, 0.1) is 0 Å². The van der Waals surface area contributed by atoms with E-state index in [0.717, 1.165) is 11.1 Å². The van der Waals surface area contributed by atoms with Gasteiger partial charge in [0.1, 0.15) is 11.5 Å². The molecule has 0 aliphatic rings. The Hall–Kier alpha value is -3.54. The minimum atomic E-state index is -0.428. The predicted molar refractivity (Wildman–Crippen MR) is 102 cm³/mol. The van der Waals surface area contributed by atoms with Gasteiger partial charge in [0.15, 0.2) is 0 Å². The molecule has 0 unspecified atom stereocenters. The molecule has 0 atom stereocenters. The van der Waals surface area contributed by atoms with Crippen LogP contribution in [-0.2, 0) is 11.2 Å². The molecule has 2 N–H and O–H groups in total. The van der Waals surface area contributed by atoms with Gasteiger partial charge in [-0.15, -0.1) is 0 Å². The predicted octanol–water partition coefficient (Wildman–Crippen LogP) is 3.84. The molecular weight excluding hydrogens is 344 g/mol. The number of benzene rings is 2. The van der Waals surface area contributed by atoms with Crippen molar-refractivity contribution in [2.45, 2.75) is 6.42 Å². The first kappa shape index (κ1) is 18.3. The van der Waals surface area contributed by atoms with Crippen LogP contribution in [0.25, 0.3) is 0 Å². The molecular formula is C21H20N2O4. The van der Waals surface area contributed by atoms with Gasteiger partial charge in [-0.25, -0.2) is 9.78 Å². The maximum absolute atomic E-state index is 11.9. The van der Waals surface area contributed by atoms with Gasteiger partial charge in [-0.05, 0) is 48.0 Å². The molecule has 1 aromatic heterocycles. The lowest BCUT2D eigenvalue weighted by molar-refractivity contribution is 0.0600. The average molecular weight is 364 g/mol. The van der Waals surface area contributed by atoms with Gasteiger partial charge in [0.05, 0.1) is 19.8 Å². The van der Waals surface area contributed by atoms with Crippen molar-refractivity contribution in [3.05, 3.63) is 77.5 Å². The van der Waals surface area contributed by atoms with Gasteiger partial charge in [0.25, 0.3) is 0 Å². The molecule has 3 rings (SSSR count). The summed E-state index contributed by atoms with van der Waals surface area (Å²) in [4.78, 5) is 16.1. The molecule has 6 nitrogen and oxygen atoms in total. The molecule has 2 aromatic carbocycles. The van der Waals surface area contributed by atoms with Crippen LogP contribution in [0.15, 0.2) is 60.8 Å². The van der Waals surface area contributed by atoms with E-state index >= 15 is 0 Å². The van der Waals surface area contributed by atoms with Crippen molar-refractivity contribution in [1.29, 1.82) is 0 Å². The van der Waals surface area contributed by atoms with Gasteiger partial charge >= 0.3 is 5.97 Å². The molecule has 0 bridgehead atoms. The van der Waals surface area contributed by atoms with E-state index in [1.165, 1.54) is 7.11 Å². The Balaban J connectivity index is 1.98. The fourth-order valence-electron chi connectivity index (χ4n) is 2.65. The van der Waals surface area contributed by atoms with E-state index in [-0.39, 0.29) is 0 Å². The minimum Gasteiger partial charge on any atom is -0.481 e. The first-order valence-corrected chi connectivity index (χ1v) is 8.33. The zero-order valence-corrected chi connectivity index (χ0v) is 15.1. The number of anilines is 1. The number of ether oxygens (including phenoxy) is 3. The van der Waals surface area contributed by atoms with Crippen LogP contribution >= 0.6 is 0 Å². The fraction of sp³-hybridized carbons (Fsp3) is 0.143. The molecule has 3 aromatic rings. The number of esters is 1. The maximum Gasteiger partial charge on any atom is 0.337 e. The molecule has 0 spiro atoms. The van der Waals surface area contributed by atoms with Crippen molar-refractivity contribution < 1.29 is 19.0 Å². The van der Waals surface area contributed by atoms with Crippen LogP contribution in [0.2, 0.25) is 0 Å². The summed E-state index contributed by atoms with van der Waals surface area (Å²) in [5.74, 6) is 1.29. The second-order valence-electron chi connectivity index (χ2n) is 5.83. The lowest BCUT2D eigenvalue weighted by Gasteiger charge is -2.14. The summed E-state index contributed by atoms with van der Waals surface area (Å²) < 4.78 is 16.2. The largest absolute Gasteiger partial charge is 0.481 e. The zero-order chi connectivity index (χ0) is 19.2. The van der Waals surface area contributed by atoms with Gasteiger partial charge in [0, 0.05) is 23.9 Å². The molecule has 0 aliphatic carbocycles. The summed E-state index contributed by atoms with van der Waals surface area (Å²) >= 11 is 0. The van der Waals surface area contributed by atoms with Crippen LogP contribution in [0.4, 0.5) is 5.69 Å². The van der Waals surface area contributed by atoms with Crippen LogP contribution in [0.3, 0.4) is 0 Å². The van der Waals surface area contributed by atoms with Crippen LogP contribution < -0.4 is 15.2 Å². The Morgan fingerprint density at radius 3 is 2.52 bits per heavy atom. The Kier molecular flexibility index (Phi) is 5.56. The van der Waals surface area contributed by atoms with Crippen LogP contribution in [0.5, 0.6) is 17.4 Å². The van der Waals surface area contributed by atoms with Crippen LogP contribution in [-0.4, -0.2) is 25.2 Å². The SMILES string of the molecule is COC(=O)c1ccc(Cc2cccnc2OC)c(Oc2ccc(N)cc2)c1. The average Bonchev–Trinajstić information content (AvgIpc) is 2.70. The summed E-state index contributed by atoms with van der Waals surface area (Å²) in [5, 5.41) is 0. The van der Waals surface area contributed by atoms with Crippen molar-refractivity contribution in [3.8, 4) is 17.4 Å². The summed E-state index contributed by atoms with van der Waals surface area (Å²) in [6.45, 7) is 0. The molecule has 6 heteroatoms. The van der Waals surface area contributed by atoms with Crippen molar-refractivity contribution in [1.82, 2.24) is 4.98 Å². The van der Waals surface area contributed by atoms with E-state index in [0.29, 0.717) is 35.1 Å². The van der Waals surface area contributed by atoms with E-state index in [1.54, 1.807) is 49.7 Å². The Bertz CT molecular complexity index is 939. The molecule has 0 saturated carbocycles. The van der Waals surface area contributed by atoms with Crippen molar-refractivity contribution in [2.24, 2.45) is 0 Å². The third kappa shape index (κ3) is 4.36. The molecule has 0 aliphatic heterocycles.